The summed E-state index contributed by atoms with van der Waals surface area (Å²) in [6.07, 6.45) is 6.17. The molecule has 0 saturated heterocycles. The Kier molecular flexibility index (Phi) is 6.11. The van der Waals surface area contributed by atoms with E-state index < -0.39 is 0 Å². The SMILES string of the molecule is CCCC/C=C(\[Se]c1ccccc1)c1ccc(C)cc1. The van der Waals surface area contributed by atoms with Crippen molar-refractivity contribution in [2.75, 3.05) is 0 Å². The molecule has 0 amide bonds. The van der Waals surface area contributed by atoms with Crippen molar-refractivity contribution in [2.24, 2.45) is 0 Å². The van der Waals surface area contributed by atoms with Gasteiger partial charge in [-0.2, -0.15) is 0 Å². The molecule has 0 saturated carbocycles. The van der Waals surface area contributed by atoms with Gasteiger partial charge in [0.25, 0.3) is 0 Å². The summed E-state index contributed by atoms with van der Waals surface area (Å²) in [6.45, 7) is 4.40. The van der Waals surface area contributed by atoms with Gasteiger partial charge >= 0.3 is 129 Å². The van der Waals surface area contributed by atoms with Crippen molar-refractivity contribution in [3.8, 4) is 0 Å². The first kappa shape index (κ1) is 15.1. The van der Waals surface area contributed by atoms with E-state index in [9.17, 15) is 0 Å². The van der Waals surface area contributed by atoms with Crippen molar-refractivity contribution in [3.05, 3.63) is 71.8 Å². The van der Waals surface area contributed by atoms with Crippen LogP contribution >= 0.6 is 0 Å². The maximum absolute atomic E-state index is 2.45. The predicted molar refractivity (Wildman–Crippen MR) is 90.5 cm³/mol. The van der Waals surface area contributed by atoms with Gasteiger partial charge in [-0.25, -0.2) is 0 Å². The Morgan fingerprint density at radius 1 is 1.00 bits per heavy atom. The zero-order chi connectivity index (χ0) is 14.2. The fourth-order valence-electron chi connectivity index (χ4n) is 1.99. The van der Waals surface area contributed by atoms with Crippen LogP contribution in [-0.2, 0) is 0 Å². The molecule has 0 bridgehead atoms. The molecular weight excluding hydrogens is 307 g/mol. The normalized spacial score (nSPS) is 11.6. The third-order valence-electron chi connectivity index (χ3n) is 3.19. The van der Waals surface area contributed by atoms with Crippen LogP contribution in [0, 0.1) is 6.92 Å². The van der Waals surface area contributed by atoms with Gasteiger partial charge in [-0.05, 0) is 0 Å². The second-order valence-electron chi connectivity index (χ2n) is 4.99. The number of rotatable bonds is 6. The number of aryl methyl sites for hydroxylation is 1. The van der Waals surface area contributed by atoms with Gasteiger partial charge in [-0.15, -0.1) is 0 Å². The molecule has 0 aliphatic rings. The molecule has 0 radical (unpaired) electrons. The van der Waals surface area contributed by atoms with E-state index in [1.54, 1.807) is 0 Å². The van der Waals surface area contributed by atoms with Crippen LogP contribution in [0.3, 0.4) is 0 Å². The fourth-order valence-corrected chi connectivity index (χ4v) is 4.09. The first-order valence-corrected chi connectivity index (χ1v) is 9.01. The van der Waals surface area contributed by atoms with Gasteiger partial charge in [0.05, 0.1) is 0 Å². The average molecular weight is 329 g/mol. The Morgan fingerprint density at radius 3 is 2.35 bits per heavy atom. The van der Waals surface area contributed by atoms with Gasteiger partial charge in [-0.3, -0.25) is 0 Å². The van der Waals surface area contributed by atoms with Crippen LogP contribution in [0.25, 0.3) is 4.47 Å². The van der Waals surface area contributed by atoms with Gasteiger partial charge in [0, 0.05) is 0 Å². The van der Waals surface area contributed by atoms with Crippen molar-refractivity contribution in [1.29, 1.82) is 0 Å². The monoisotopic (exact) mass is 330 g/mol. The molecule has 2 rings (SSSR count). The summed E-state index contributed by atoms with van der Waals surface area (Å²) in [5.41, 5.74) is 2.71. The molecule has 0 atom stereocenters. The number of hydrogen-bond donors (Lipinski definition) is 0. The molecule has 0 heterocycles. The Labute approximate surface area is 129 Å². The van der Waals surface area contributed by atoms with Crippen LogP contribution in [0.1, 0.15) is 37.3 Å². The van der Waals surface area contributed by atoms with Crippen molar-refractivity contribution in [2.45, 2.75) is 33.1 Å². The van der Waals surface area contributed by atoms with Crippen LogP contribution < -0.4 is 4.46 Å². The molecule has 0 aromatic heterocycles. The van der Waals surface area contributed by atoms with Crippen LogP contribution in [-0.4, -0.2) is 15.0 Å². The molecule has 2 aromatic rings. The van der Waals surface area contributed by atoms with Crippen molar-refractivity contribution in [1.82, 2.24) is 0 Å². The van der Waals surface area contributed by atoms with E-state index in [2.05, 4.69) is 74.5 Å². The van der Waals surface area contributed by atoms with Crippen LogP contribution in [0.4, 0.5) is 0 Å². The van der Waals surface area contributed by atoms with E-state index in [4.69, 9.17) is 0 Å². The molecule has 0 aliphatic carbocycles. The molecule has 1 heteroatoms. The van der Waals surface area contributed by atoms with E-state index in [1.807, 2.05) is 0 Å². The quantitative estimate of drug-likeness (QED) is 0.538. The van der Waals surface area contributed by atoms with Crippen LogP contribution in [0.15, 0.2) is 60.7 Å². The second kappa shape index (κ2) is 8.09. The van der Waals surface area contributed by atoms with Gasteiger partial charge in [0.15, 0.2) is 0 Å². The molecular formula is C19H22Se. The maximum atomic E-state index is 2.45. The average Bonchev–Trinajstić information content (AvgIpc) is 2.48. The molecule has 0 nitrogen and oxygen atoms in total. The fraction of sp³-hybridized carbons (Fsp3) is 0.263. The molecule has 20 heavy (non-hydrogen) atoms. The molecule has 0 unspecified atom stereocenters. The molecule has 0 fully saturated rings. The van der Waals surface area contributed by atoms with Crippen molar-refractivity contribution in [3.63, 3.8) is 0 Å². The molecule has 2 aromatic carbocycles. The van der Waals surface area contributed by atoms with Crippen molar-refractivity contribution < 1.29 is 0 Å². The van der Waals surface area contributed by atoms with Crippen molar-refractivity contribution >= 4 is 23.9 Å². The number of allylic oxidation sites excluding steroid dienone is 1. The molecule has 104 valence electrons. The van der Waals surface area contributed by atoms with Crippen LogP contribution in [0.2, 0.25) is 0 Å². The topological polar surface area (TPSA) is 0 Å². The summed E-state index contributed by atoms with van der Waals surface area (Å²) in [5, 5.41) is 0. The third-order valence-corrected chi connectivity index (χ3v) is 5.57. The van der Waals surface area contributed by atoms with E-state index in [-0.39, 0.29) is 0 Å². The zero-order valence-corrected chi connectivity index (χ0v) is 14.0. The Balaban J connectivity index is 2.20. The van der Waals surface area contributed by atoms with Gasteiger partial charge in [-0.1, -0.05) is 0 Å². The van der Waals surface area contributed by atoms with E-state index in [0.29, 0.717) is 15.0 Å². The minimum atomic E-state index is 0.393. The second-order valence-corrected chi connectivity index (χ2v) is 7.33. The zero-order valence-electron chi connectivity index (χ0n) is 12.3. The minimum absolute atomic E-state index is 0.393. The summed E-state index contributed by atoms with van der Waals surface area (Å²) < 4.78 is 2.96. The van der Waals surface area contributed by atoms with E-state index in [0.717, 1.165) is 0 Å². The Hall–Kier alpha value is -1.30. The number of hydrogen-bond acceptors (Lipinski definition) is 0. The first-order valence-electron chi connectivity index (χ1n) is 7.29. The summed E-state index contributed by atoms with van der Waals surface area (Å²) in [4.78, 5) is 0. The summed E-state index contributed by atoms with van der Waals surface area (Å²) in [6, 6.07) is 19.8. The standard InChI is InChI=1S/C19H22Se/c1-3-4-6-11-19(17-14-12-16(2)13-15-17)20-18-9-7-5-8-10-18/h5,7-15H,3-4,6H2,1-2H3/b19-11-. The Bertz CT molecular complexity index is 538. The first-order chi connectivity index (χ1) is 9.79. The molecule has 0 N–H and O–H groups in total. The summed E-state index contributed by atoms with van der Waals surface area (Å²) >= 11 is 0.393. The van der Waals surface area contributed by atoms with Gasteiger partial charge in [0.1, 0.15) is 0 Å². The van der Waals surface area contributed by atoms with Gasteiger partial charge < -0.3 is 0 Å². The molecule has 0 aliphatic heterocycles. The molecule has 0 spiro atoms. The number of benzene rings is 2. The Morgan fingerprint density at radius 2 is 1.70 bits per heavy atom. The third kappa shape index (κ3) is 4.67. The summed E-state index contributed by atoms with van der Waals surface area (Å²) in [5.74, 6) is 0. The predicted octanol–water partition coefficient (Wildman–Crippen LogP) is 4.56. The van der Waals surface area contributed by atoms with Gasteiger partial charge in [0.2, 0.25) is 0 Å². The van der Waals surface area contributed by atoms with E-state index in [1.165, 1.54) is 39.3 Å². The van der Waals surface area contributed by atoms with E-state index >= 15 is 0 Å². The summed E-state index contributed by atoms with van der Waals surface area (Å²) in [7, 11) is 0. The van der Waals surface area contributed by atoms with Crippen LogP contribution in [0.5, 0.6) is 0 Å². The number of unbranched alkanes of at least 4 members (excludes halogenated alkanes) is 2.